The predicted molar refractivity (Wildman–Crippen MR) is 78.8 cm³/mol. The van der Waals surface area contributed by atoms with Crippen LogP contribution in [0.25, 0.3) is 0 Å². The quantitative estimate of drug-likeness (QED) is 0.823. The minimum atomic E-state index is 0.0713. The minimum absolute atomic E-state index is 0.0713. The van der Waals surface area contributed by atoms with Gasteiger partial charge in [0, 0.05) is 30.9 Å². The maximum absolute atomic E-state index is 9.05. The summed E-state index contributed by atoms with van der Waals surface area (Å²) in [7, 11) is 0. The van der Waals surface area contributed by atoms with Crippen molar-refractivity contribution in [3.8, 4) is 6.07 Å². The van der Waals surface area contributed by atoms with Gasteiger partial charge in [-0.1, -0.05) is 6.07 Å². The summed E-state index contributed by atoms with van der Waals surface area (Å²) in [6.07, 6.45) is 0. The smallest absolute Gasteiger partial charge is 0.0992 e. The standard InChI is InChI=1S/C16H21N3O/c1-16(2)12-18(15-10-20-11-15)6-7-19(16)14-5-3-4-13(8-14)9-17/h3-5,8,15H,6-7,10-12H2,1-2H3. The fourth-order valence-corrected chi connectivity index (χ4v) is 3.16. The summed E-state index contributed by atoms with van der Waals surface area (Å²) in [5, 5.41) is 9.05. The van der Waals surface area contributed by atoms with Crippen LogP contribution in [0, 0.1) is 11.3 Å². The molecule has 2 aliphatic rings. The van der Waals surface area contributed by atoms with Gasteiger partial charge in [0.2, 0.25) is 0 Å². The van der Waals surface area contributed by atoms with Crippen molar-refractivity contribution in [1.82, 2.24) is 4.90 Å². The molecular formula is C16H21N3O. The zero-order chi connectivity index (χ0) is 14.2. The fraction of sp³-hybridized carbons (Fsp3) is 0.562. The fourth-order valence-electron chi connectivity index (χ4n) is 3.16. The molecule has 0 saturated carbocycles. The lowest BCUT2D eigenvalue weighted by Crippen LogP contribution is -2.64. The molecule has 0 radical (unpaired) electrons. The molecule has 0 N–H and O–H groups in total. The van der Waals surface area contributed by atoms with E-state index < -0.39 is 0 Å². The molecule has 2 saturated heterocycles. The van der Waals surface area contributed by atoms with Crippen molar-refractivity contribution in [2.75, 3.05) is 37.7 Å². The summed E-state index contributed by atoms with van der Waals surface area (Å²) >= 11 is 0. The summed E-state index contributed by atoms with van der Waals surface area (Å²) in [5.74, 6) is 0. The summed E-state index contributed by atoms with van der Waals surface area (Å²) < 4.78 is 5.31. The highest BCUT2D eigenvalue weighted by Gasteiger charge is 2.38. The molecule has 0 aliphatic carbocycles. The number of benzene rings is 1. The molecule has 0 bridgehead atoms. The first-order chi connectivity index (χ1) is 9.60. The summed E-state index contributed by atoms with van der Waals surface area (Å²) in [4.78, 5) is 4.96. The molecule has 0 aromatic heterocycles. The maximum atomic E-state index is 9.05. The molecule has 4 heteroatoms. The number of hydrogen-bond acceptors (Lipinski definition) is 4. The topological polar surface area (TPSA) is 39.5 Å². The molecule has 1 aromatic carbocycles. The Morgan fingerprint density at radius 3 is 2.70 bits per heavy atom. The molecule has 20 heavy (non-hydrogen) atoms. The van der Waals surface area contributed by atoms with Crippen LogP contribution in [0.2, 0.25) is 0 Å². The molecule has 4 nitrogen and oxygen atoms in total. The zero-order valence-electron chi connectivity index (χ0n) is 12.2. The lowest BCUT2D eigenvalue weighted by atomic mass is 9.95. The number of hydrogen-bond donors (Lipinski definition) is 0. The van der Waals surface area contributed by atoms with E-state index in [1.807, 2.05) is 18.2 Å². The highest BCUT2D eigenvalue weighted by molar-refractivity contribution is 5.53. The molecule has 3 rings (SSSR count). The van der Waals surface area contributed by atoms with Gasteiger partial charge in [0.1, 0.15) is 0 Å². The van der Waals surface area contributed by atoms with Crippen molar-refractivity contribution < 1.29 is 4.74 Å². The average Bonchev–Trinajstić information content (AvgIpc) is 2.36. The molecule has 0 atom stereocenters. The third-order valence-corrected chi connectivity index (χ3v) is 4.36. The normalized spacial score (nSPS) is 23.1. The van der Waals surface area contributed by atoms with E-state index in [0.717, 1.165) is 44.1 Å². The van der Waals surface area contributed by atoms with Gasteiger partial charge in [-0.2, -0.15) is 5.26 Å². The molecule has 2 fully saturated rings. The van der Waals surface area contributed by atoms with Crippen molar-refractivity contribution >= 4 is 5.69 Å². The molecule has 0 spiro atoms. The van der Waals surface area contributed by atoms with Crippen LogP contribution >= 0.6 is 0 Å². The second-order valence-corrected chi connectivity index (χ2v) is 6.29. The van der Waals surface area contributed by atoms with Crippen LogP contribution in [-0.4, -0.2) is 49.3 Å². The van der Waals surface area contributed by atoms with Gasteiger partial charge >= 0.3 is 0 Å². The third-order valence-electron chi connectivity index (χ3n) is 4.36. The largest absolute Gasteiger partial charge is 0.378 e. The maximum Gasteiger partial charge on any atom is 0.0992 e. The van der Waals surface area contributed by atoms with Crippen LogP contribution in [0.15, 0.2) is 24.3 Å². The van der Waals surface area contributed by atoms with E-state index >= 15 is 0 Å². The number of nitrogens with zero attached hydrogens (tertiary/aromatic N) is 3. The van der Waals surface area contributed by atoms with Crippen LogP contribution in [0.5, 0.6) is 0 Å². The monoisotopic (exact) mass is 271 g/mol. The van der Waals surface area contributed by atoms with Crippen LogP contribution in [0.4, 0.5) is 5.69 Å². The average molecular weight is 271 g/mol. The Morgan fingerprint density at radius 1 is 1.30 bits per heavy atom. The SMILES string of the molecule is CC1(C)CN(C2COC2)CCN1c1cccc(C#N)c1. The Labute approximate surface area is 120 Å². The third kappa shape index (κ3) is 2.39. The Hall–Kier alpha value is -1.57. The lowest BCUT2D eigenvalue weighted by Gasteiger charge is -2.52. The minimum Gasteiger partial charge on any atom is -0.378 e. The van der Waals surface area contributed by atoms with Gasteiger partial charge in [-0.3, -0.25) is 4.90 Å². The molecule has 2 aliphatic heterocycles. The van der Waals surface area contributed by atoms with Crippen molar-refractivity contribution in [3.05, 3.63) is 29.8 Å². The van der Waals surface area contributed by atoms with Crippen LogP contribution in [0.1, 0.15) is 19.4 Å². The van der Waals surface area contributed by atoms with Crippen LogP contribution < -0.4 is 4.90 Å². The van der Waals surface area contributed by atoms with Gasteiger partial charge in [-0.25, -0.2) is 0 Å². The molecule has 0 amide bonds. The van der Waals surface area contributed by atoms with E-state index in [2.05, 4.69) is 35.8 Å². The van der Waals surface area contributed by atoms with E-state index in [1.54, 1.807) is 0 Å². The first kappa shape index (κ1) is 13.4. The van der Waals surface area contributed by atoms with E-state index in [0.29, 0.717) is 6.04 Å². The van der Waals surface area contributed by atoms with Gasteiger partial charge in [0.25, 0.3) is 0 Å². The Bertz CT molecular complexity index is 531. The second-order valence-electron chi connectivity index (χ2n) is 6.29. The summed E-state index contributed by atoms with van der Waals surface area (Å²) in [5.41, 5.74) is 1.95. The van der Waals surface area contributed by atoms with Crippen LogP contribution in [-0.2, 0) is 4.74 Å². The van der Waals surface area contributed by atoms with E-state index in [4.69, 9.17) is 10.00 Å². The Morgan fingerprint density at radius 2 is 2.10 bits per heavy atom. The molecule has 2 heterocycles. The zero-order valence-corrected chi connectivity index (χ0v) is 12.2. The predicted octanol–water partition coefficient (Wildman–Crippen LogP) is 1.86. The van der Waals surface area contributed by atoms with Crippen molar-refractivity contribution in [2.24, 2.45) is 0 Å². The van der Waals surface area contributed by atoms with Crippen molar-refractivity contribution in [2.45, 2.75) is 25.4 Å². The van der Waals surface area contributed by atoms with E-state index in [1.165, 1.54) is 0 Å². The summed E-state index contributed by atoms with van der Waals surface area (Å²) in [6, 6.07) is 10.7. The Kier molecular flexibility index (Phi) is 3.41. The molecular weight excluding hydrogens is 250 g/mol. The molecule has 0 unspecified atom stereocenters. The second kappa shape index (κ2) is 5.08. The van der Waals surface area contributed by atoms with Gasteiger partial charge in [0.05, 0.1) is 30.9 Å². The number of ether oxygens (including phenoxy) is 1. The molecule has 106 valence electrons. The van der Waals surface area contributed by atoms with Crippen LogP contribution in [0.3, 0.4) is 0 Å². The van der Waals surface area contributed by atoms with E-state index in [9.17, 15) is 0 Å². The highest BCUT2D eigenvalue weighted by Crippen LogP contribution is 2.30. The first-order valence-electron chi connectivity index (χ1n) is 7.20. The van der Waals surface area contributed by atoms with Gasteiger partial charge < -0.3 is 9.64 Å². The first-order valence-corrected chi connectivity index (χ1v) is 7.20. The number of anilines is 1. The summed E-state index contributed by atoms with van der Waals surface area (Å²) in [6.45, 7) is 9.40. The molecule has 1 aromatic rings. The van der Waals surface area contributed by atoms with E-state index in [-0.39, 0.29) is 5.54 Å². The number of nitriles is 1. The van der Waals surface area contributed by atoms with Crippen molar-refractivity contribution in [3.63, 3.8) is 0 Å². The number of rotatable bonds is 2. The number of piperazine rings is 1. The highest BCUT2D eigenvalue weighted by atomic mass is 16.5. The van der Waals surface area contributed by atoms with Gasteiger partial charge in [-0.15, -0.1) is 0 Å². The Balaban J connectivity index is 1.78. The van der Waals surface area contributed by atoms with Gasteiger partial charge in [0.15, 0.2) is 0 Å². The van der Waals surface area contributed by atoms with Crippen molar-refractivity contribution in [1.29, 1.82) is 5.26 Å². The lowest BCUT2D eigenvalue weighted by molar-refractivity contribution is -0.0741. The van der Waals surface area contributed by atoms with Gasteiger partial charge in [-0.05, 0) is 32.0 Å².